The number of hydrogen-bond acceptors (Lipinski definition) is 6. The van der Waals surface area contributed by atoms with E-state index in [2.05, 4.69) is 14.7 Å². The van der Waals surface area contributed by atoms with Crippen LogP contribution in [-0.4, -0.2) is 60.4 Å². The van der Waals surface area contributed by atoms with Gasteiger partial charge in [-0.25, -0.2) is 4.98 Å². The van der Waals surface area contributed by atoms with Gasteiger partial charge in [-0.05, 0) is 31.2 Å². The van der Waals surface area contributed by atoms with Gasteiger partial charge in [0, 0.05) is 37.8 Å². The van der Waals surface area contributed by atoms with E-state index in [9.17, 15) is 18.0 Å². The molecule has 0 aliphatic carbocycles. The fourth-order valence-electron chi connectivity index (χ4n) is 2.91. The molecule has 0 radical (unpaired) electrons. The lowest BCUT2D eigenvalue weighted by Gasteiger charge is -2.35. The van der Waals surface area contributed by atoms with Gasteiger partial charge in [0.1, 0.15) is 17.4 Å². The Bertz CT molecular complexity index is 835. The van der Waals surface area contributed by atoms with Crippen molar-refractivity contribution in [3.63, 3.8) is 0 Å². The standard InChI is InChI=1S/C18H19F3N4O3/c1-12-22-15(11-16(23-12)27-2)24-7-9-25(10-8-24)17(26)13-3-5-14(6-4-13)28-18(19,20)21/h3-6,11H,7-10H2,1-2H3. The molecule has 0 unspecified atom stereocenters. The molecular weight excluding hydrogens is 377 g/mol. The summed E-state index contributed by atoms with van der Waals surface area (Å²) >= 11 is 0. The number of piperazine rings is 1. The number of halogens is 3. The Morgan fingerprint density at radius 1 is 1.07 bits per heavy atom. The molecule has 0 saturated carbocycles. The zero-order valence-electron chi connectivity index (χ0n) is 15.4. The molecule has 1 aliphatic heterocycles. The van der Waals surface area contributed by atoms with Crippen LogP contribution in [0.15, 0.2) is 30.3 Å². The average Bonchev–Trinajstić information content (AvgIpc) is 2.66. The summed E-state index contributed by atoms with van der Waals surface area (Å²) in [5, 5.41) is 0. The maximum atomic E-state index is 12.6. The van der Waals surface area contributed by atoms with Crippen LogP contribution in [-0.2, 0) is 0 Å². The van der Waals surface area contributed by atoms with Crippen molar-refractivity contribution in [2.24, 2.45) is 0 Å². The third-order valence-corrected chi connectivity index (χ3v) is 4.24. The van der Waals surface area contributed by atoms with Crippen molar-refractivity contribution < 1.29 is 27.4 Å². The quantitative estimate of drug-likeness (QED) is 0.792. The van der Waals surface area contributed by atoms with E-state index < -0.39 is 6.36 Å². The molecule has 0 spiro atoms. The SMILES string of the molecule is COc1cc(N2CCN(C(=O)c3ccc(OC(F)(F)F)cc3)CC2)nc(C)n1. The largest absolute Gasteiger partial charge is 0.573 e. The number of carbonyl (C=O) groups excluding carboxylic acids is 1. The van der Waals surface area contributed by atoms with Gasteiger partial charge < -0.3 is 19.3 Å². The van der Waals surface area contributed by atoms with E-state index in [1.165, 1.54) is 19.2 Å². The highest BCUT2D eigenvalue weighted by molar-refractivity contribution is 5.94. The Balaban J connectivity index is 1.61. The second-order valence-corrected chi connectivity index (χ2v) is 6.17. The van der Waals surface area contributed by atoms with Crippen LogP contribution in [0.25, 0.3) is 0 Å². The smallest absolute Gasteiger partial charge is 0.481 e. The summed E-state index contributed by atoms with van der Waals surface area (Å²) in [6, 6.07) is 6.66. The van der Waals surface area contributed by atoms with E-state index in [-0.39, 0.29) is 11.7 Å². The highest BCUT2D eigenvalue weighted by atomic mass is 19.4. The second kappa shape index (κ2) is 7.91. The summed E-state index contributed by atoms with van der Waals surface area (Å²) in [6.45, 7) is 3.84. The van der Waals surface area contributed by atoms with Crippen LogP contribution in [0, 0.1) is 6.92 Å². The molecule has 1 fully saturated rings. The van der Waals surface area contributed by atoms with Crippen molar-refractivity contribution in [3.05, 3.63) is 41.7 Å². The average molecular weight is 396 g/mol. The Morgan fingerprint density at radius 3 is 2.29 bits per heavy atom. The minimum atomic E-state index is -4.76. The van der Waals surface area contributed by atoms with E-state index in [0.29, 0.717) is 43.4 Å². The number of carbonyl (C=O) groups is 1. The molecule has 2 heterocycles. The van der Waals surface area contributed by atoms with Gasteiger partial charge in [0.25, 0.3) is 5.91 Å². The van der Waals surface area contributed by atoms with Gasteiger partial charge in [0.15, 0.2) is 0 Å². The monoisotopic (exact) mass is 396 g/mol. The summed E-state index contributed by atoms with van der Waals surface area (Å²) in [7, 11) is 1.53. The Kier molecular flexibility index (Phi) is 5.57. The number of alkyl halides is 3. The number of aryl methyl sites for hydroxylation is 1. The molecule has 10 heteroatoms. The number of aromatic nitrogens is 2. The molecule has 2 aromatic rings. The van der Waals surface area contributed by atoms with Crippen LogP contribution in [0.4, 0.5) is 19.0 Å². The molecule has 1 aromatic carbocycles. The third kappa shape index (κ3) is 4.81. The second-order valence-electron chi connectivity index (χ2n) is 6.17. The molecule has 7 nitrogen and oxygen atoms in total. The third-order valence-electron chi connectivity index (χ3n) is 4.24. The molecule has 1 aromatic heterocycles. The van der Waals surface area contributed by atoms with Gasteiger partial charge in [-0.1, -0.05) is 0 Å². The summed E-state index contributed by atoms with van der Waals surface area (Å²) in [5.41, 5.74) is 0.308. The molecule has 0 N–H and O–H groups in total. The molecule has 28 heavy (non-hydrogen) atoms. The summed E-state index contributed by atoms with van der Waals surface area (Å²) in [6.07, 6.45) is -4.76. The topological polar surface area (TPSA) is 67.8 Å². The lowest BCUT2D eigenvalue weighted by Crippen LogP contribution is -2.49. The van der Waals surface area contributed by atoms with Gasteiger partial charge in [-0.3, -0.25) is 4.79 Å². The van der Waals surface area contributed by atoms with E-state index in [0.717, 1.165) is 18.0 Å². The van der Waals surface area contributed by atoms with Crippen molar-refractivity contribution in [1.82, 2.24) is 14.9 Å². The van der Waals surface area contributed by atoms with Crippen molar-refractivity contribution in [2.45, 2.75) is 13.3 Å². The van der Waals surface area contributed by atoms with Crippen molar-refractivity contribution in [3.8, 4) is 11.6 Å². The van der Waals surface area contributed by atoms with Crippen molar-refractivity contribution in [2.75, 3.05) is 38.2 Å². The van der Waals surface area contributed by atoms with Gasteiger partial charge in [0.2, 0.25) is 5.88 Å². The first-order valence-corrected chi connectivity index (χ1v) is 8.55. The first-order chi connectivity index (χ1) is 13.2. The van der Waals surface area contributed by atoms with Crippen molar-refractivity contribution >= 4 is 11.7 Å². The highest BCUT2D eigenvalue weighted by Crippen LogP contribution is 2.24. The summed E-state index contributed by atoms with van der Waals surface area (Å²) < 4.78 is 45.6. The van der Waals surface area contributed by atoms with Gasteiger partial charge >= 0.3 is 6.36 Å². The number of anilines is 1. The molecule has 0 bridgehead atoms. The van der Waals surface area contributed by atoms with Gasteiger partial charge in [0.05, 0.1) is 7.11 Å². The molecule has 3 rings (SSSR count). The van der Waals surface area contributed by atoms with Crippen LogP contribution in [0.5, 0.6) is 11.6 Å². The number of methoxy groups -OCH3 is 1. The van der Waals surface area contributed by atoms with Crippen molar-refractivity contribution in [1.29, 1.82) is 0 Å². The first kappa shape index (κ1) is 19.7. The first-order valence-electron chi connectivity index (χ1n) is 8.55. The zero-order chi connectivity index (χ0) is 20.3. The maximum Gasteiger partial charge on any atom is 0.573 e. The Morgan fingerprint density at radius 2 is 1.71 bits per heavy atom. The predicted molar refractivity (Wildman–Crippen MR) is 94.6 cm³/mol. The number of ether oxygens (including phenoxy) is 2. The van der Waals surface area contributed by atoms with Crippen LogP contribution < -0.4 is 14.4 Å². The summed E-state index contributed by atoms with van der Waals surface area (Å²) in [4.78, 5) is 24.8. The number of nitrogens with zero attached hydrogens (tertiary/aromatic N) is 4. The predicted octanol–water partition coefficient (Wildman–Crippen LogP) is 2.65. The van der Waals surface area contributed by atoms with E-state index >= 15 is 0 Å². The molecule has 1 aliphatic rings. The molecule has 0 atom stereocenters. The molecule has 150 valence electrons. The maximum absolute atomic E-state index is 12.6. The summed E-state index contributed by atoms with van der Waals surface area (Å²) in [5.74, 6) is 1.19. The zero-order valence-corrected chi connectivity index (χ0v) is 15.4. The van der Waals surface area contributed by atoms with E-state index in [1.807, 2.05) is 4.90 Å². The van der Waals surface area contributed by atoms with Crippen LogP contribution in [0.2, 0.25) is 0 Å². The number of rotatable bonds is 4. The van der Waals surface area contributed by atoms with E-state index in [4.69, 9.17) is 4.74 Å². The number of benzene rings is 1. The minimum Gasteiger partial charge on any atom is -0.481 e. The fraction of sp³-hybridized carbons (Fsp3) is 0.389. The van der Waals surface area contributed by atoms with Gasteiger partial charge in [-0.15, -0.1) is 13.2 Å². The molecule has 1 amide bonds. The normalized spacial score (nSPS) is 14.8. The van der Waals surface area contributed by atoms with Gasteiger partial charge in [-0.2, -0.15) is 4.98 Å². The lowest BCUT2D eigenvalue weighted by atomic mass is 10.1. The number of hydrogen-bond donors (Lipinski definition) is 0. The van der Waals surface area contributed by atoms with E-state index in [1.54, 1.807) is 17.9 Å². The minimum absolute atomic E-state index is 0.241. The lowest BCUT2D eigenvalue weighted by molar-refractivity contribution is -0.274. The highest BCUT2D eigenvalue weighted by Gasteiger charge is 2.31. The van der Waals surface area contributed by atoms with Crippen LogP contribution in [0.1, 0.15) is 16.2 Å². The molecular formula is C18H19F3N4O3. The number of amides is 1. The van der Waals surface area contributed by atoms with Crippen LogP contribution in [0.3, 0.4) is 0 Å². The fourth-order valence-corrected chi connectivity index (χ4v) is 2.91. The Hall–Kier alpha value is -3.04. The van der Waals surface area contributed by atoms with Crippen LogP contribution >= 0.6 is 0 Å². The molecule has 1 saturated heterocycles. The Labute approximate surface area is 159 Å².